The Morgan fingerprint density at radius 3 is 2.17 bits per heavy atom. The van der Waals surface area contributed by atoms with Crippen molar-refractivity contribution in [1.29, 1.82) is 0 Å². The highest BCUT2D eigenvalue weighted by atomic mass is 79.9. The van der Waals surface area contributed by atoms with Crippen LogP contribution in [-0.2, 0) is 14.4 Å². The molecule has 2 saturated carbocycles. The van der Waals surface area contributed by atoms with Crippen LogP contribution in [0.3, 0.4) is 0 Å². The first-order chi connectivity index (χ1) is 13.9. The fraction of sp³-hybridized carbons (Fsp3) is 0.571. The fourth-order valence-corrected chi connectivity index (χ4v) is 7.12. The van der Waals surface area contributed by atoms with E-state index in [-0.39, 0.29) is 51.0 Å². The molecule has 1 heterocycles. The Morgan fingerprint density at radius 1 is 1.00 bits per heavy atom. The number of carbonyl (C=O) groups excluding carboxylic acids is 3. The van der Waals surface area contributed by atoms with Crippen molar-refractivity contribution in [2.45, 2.75) is 41.8 Å². The molecule has 8 heteroatoms. The van der Waals surface area contributed by atoms with E-state index in [4.69, 9.17) is 11.6 Å². The van der Waals surface area contributed by atoms with Crippen LogP contribution in [0.5, 0.6) is 0 Å². The number of hydrogen-bond donors (Lipinski definition) is 1. The third-order valence-corrected chi connectivity index (χ3v) is 9.95. The van der Waals surface area contributed by atoms with Crippen molar-refractivity contribution in [3.63, 3.8) is 0 Å². The van der Waals surface area contributed by atoms with Crippen LogP contribution in [0.15, 0.2) is 24.3 Å². The summed E-state index contributed by atoms with van der Waals surface area (Å²) in [6, 6.07) is 7.00. The molecule has 4 rings (SSSR count). The lowest BCUT2D eigenvalue weighted by Gasteiger charge is -2.28. The Labute approximate surface area is 192 Å². The molecule has 1 saturated heterocycles. The highest BCUT2D eigenvalue weighted by molar-refractivity contribution is 9.12. The number of amides is 3. The summed E-state index contributed by atoms with van der Waals surface area (Å²) in [6.07, 6.45) is 3.62. The number of halogens is 3. The zero-order valence-electron chi connectivity index (χ0n) is 15.8. The average Bonchev–Trinajstić information content (AvgIpc) is 3.29. The predicted molar refractivity (Wildman–Crippen MR) is 119 cm³/mol. The van der Waals surface area contributed by atoms with Gasteiger partial charge in [0.15, 0.2) is 0 Å². The molecule has 0 radical (unpaired) electrons. The minimum absolute atomic E-state index is 0.0110. The number of alkyl halides is 2. The van der Waals surface area contributed by atoms with Crippen molar-refractivity contribution in [3.05, 3.63) is 29.3 Å². The fourth-order valence-electron chi connectivity index (χ4n) is 5.12. The van der Waals surface area contributed by atoms with E-state index in [1.807, 2.05) is 0 Å². The topological polar surface area (TPSA) is 66.5 Å². The number of unbranched alkanes of at least 4 members (excludes halogenated alkanes) is 2. The summed E-state index contributed by atoms with van der Waals surface area (Å²) in [4.78, 5) is 39.7. The highest BCUT2D eigenvalue weighted by Gasteiger charge is 2.66. The molecule has 2 bridgehead atoms. The molecule has 3 amide bonds. The molecule has 0 aromatic heterocycles. The molecular weight excluding hydrogens is 524 g/mol. The van der Waals surface area contributed by atoms with Gasteiger partial charge in [-0.1, -0.05) is 49.9 Å². The molecule has 5 nitrogen and oxygen atoms in total. The van der Waals surface area contributed by atoms with Crippen LogP contribution in [0, 0.1) is 23.7 Å². The third-order valence-electron chi connectivity index (χ3n) is 6.49. The maximum atomic E-state index is 12.8. The summed E-state index contributed by atoms with van der Waals surface area (Å²) in [5.41, 5.74) is 0.726. The van der Waals surface area contributed by atoms with Crippen molar-refractivity contribution in [2.24, 2.45) is 23.7 Å². The summed E-state index contributed by atoms with van der Waals surface area (Å²) in [7, 11) is 0. The Kier molecular flexibility index (Phi) is 6.38. The average molecular weight is 547 g/mol. The smallest absolute Gasteiger partial charge is 0.233 e. The van der Waals surface area contributed by atoms with Crippen LogP contribution in [0.2, 0.25) is 5.02 Å². The summed E-state index contributed by atoms with van der Waals surface area (Å²) in [5, 5.41) is 3.47. The number of carbonyl (C=O) groups is 3. The highest BCUT2D eigenvalue weighted by Crippen LogP contribution is 2.60. The van der Waals surface area contributed by atoms with Crippen LogP contribution in [0.4, 0.5) is 5.69 Å². The molecule has 3 aliphatic rings. The van der Waals surface area contributed by atoms with Gasteiger partial charge >= 0.3 is 0 Å². The van der Waals surface area contributed by atoms with Gasteiger partial charge in [0.1, 0.15) is 0 Å². The maximum absolute atomic E-state index is 12.8. The Hall–Kier alpha value is -0.920. The van der Waals surface area contributed by atoms with E-state index in [0.29, 0.717) is 18.0 Å². The van der Waals surface area contributed by atoms with Crippen molar-refractivity contribution in [3.8, 4) is 0 Å². The maximum Gasteiger partial charge on any atom is 0.233 e. The molecule has 0 spiro atoms. The first-order valence-electron chi connectivity index (χ1n) is 10.1. The molecule has 0 unspecified atom stereocenters. The molecule has 1 aromatic carbocycles. The number of imide groups is 1. The quantitative estimate of drug-likeness (QED) is 0.309. The largest absolute Gasteiger partial charge is 0.326 e. The first-order valence-corrected chi connectivity index (χ1v) is 12.3. The lowest BCUT2D eigenvalue weighted by molar-refractivity contribution is -0.140. The van der Waals surface area contributed by atoms with E-state index in [2.05, 4.69) is 37.2 Å². The van der Waals surface area contributed by atoms with Gasteiger partial charge in [0.2, 0.25) is 17.7 Å². The number of rotatable bonds is 7. The molecule has 156 valence electrons. The molecule has 6 atom stereocenters. The lowest BCUT2D eigenvalue weighted by Crippen LogP contribution is -2.37. The second-order valence-corrected chi connectivity index (χ2v) is 10.7. The first kappa shape index (κ1) is 21.3. The molecule has 1 aliphatic heterocycles. The second kappa shape index (κ2) is 8.67. The molecule has 1 N–H and O–H groups in total. The number of nitrogens with one attached hydrogen (secondary N) is 1. The number of benzene rings is 1. The van der Waals surface area contributed by atoms with Crippen molar-refractivity contribution >= 4 is 66.9 Å². The Bertz CT molecular complexity index is 787. The molecule has 3 fully saturated rings. The minimum atomic E-state index is -0.143. The van der Waals surface area contributed by atoms with E-state index >= 15 is 0 Å². The van der Waals surface area contributed by atoms with Gasteiger partial charge in [-0.05, 0) is 55.4 Å². The van der Waals surface area contributed by atoms with E-state index in [9.17, 15) is 14.4 Å². The van der Waals surface area contributed by atoms with Gasteiger partial charge in [-0.25, -0.2) is 0 Å². The lowest BCUT2D eigenvalue weighted by atomic mass is 9.81. The van der Waals surface area contributed by atoms with Crippen molar-refractivity contribution in [1.82, 2.24) is 4.90 Å². The summed E-state index contributed by atoms with van der Waals surface area (Å²) < 4.78 is 0. The molecule has 29 heavy (non-hydrogen) atoms. The van der Waals surface area contributed by atoms with Gasteiger partial charge in [0.05, 0.1) is 11.8 Å². The van der Waals surface area contributed by atoms with Crippen LogP contribution < -0.4 is 5.32 Å². The van der Waals surface area contributed by atoms with Crippen molar-refractivity contribution in [2.75, 3.05) is 11.9 Å². The number of fused-ring (bicyclic) bond motifs is 5. The predicted octanol–water partition coefficient (Wildman–Crippen LogP) is 4.62. The molecular formula is C21H23Br2ClN2O3. The van der Waals surface area contributed by atoms with Gasteiger partial charge in [0.25, 0.3) is 0 Å². The molecule has 2 aliphatic carbocycles. The third kappa shape index (κ3) is 4.02. The molecule has 1 aromatic rings. The Morgan fingerprint density at radius 2 is 1.59 bits per heavy atom. The van der Waals surface area contributed by atoms with Gasteiger partial charge in [0, 0.05) is 33.3 Å². The zero-order valence-corrected chi connectivity index (χ0v) is 19.7. The van der Waals surface area contributed by atoms with E-state index in [0.717, 1.165) is 31.4 Å². The van der Waals surface area contributed by atoms with Gasteiger partial charge < -0.3 is 5.32 Å². The van der Waals surface area contributed by atoms with Crippen LogP contribution in [0.25, 0.3) is 0 Å². The van der Waals surface area contributed by atoms with E-state index in [1.54, 1.807) is 24.3 Å². The van der Waals surface area contributed by atoms with E-state index in [1.165, 1.54) is 4.90 Å². The second-order valence-electron chi connectivity index (χ2n) is 8.20. The zero-order chi connectivity index (χ0) is 20.7. The number of hydrogen-bond acceptors (Lipinski definition) is 3. The van der Waals surface area contributed by atoms with Gasteiger partial charge in [-0.2, -0.15) is 0 Å². The van der Waals surface area contributed by atoms with Gasteiger partial charge in [-0.15, -0.1) is 0 Å². The standard InChI is InChI=1S/C21H23Br2ClN2O3/c22-18-13-10-14(19(18)23)17-16(13)20(28)26(21(17)29)9-3-1-2-4-15(27)25-12-7-5-11(24)6-8-12/h5-8,13-14,16-19H,1-4,9-10H2,(H,25,27)/t13-,14-,16-,17+,18+,19+/m1/s1. The summed E-state index contributed by atoms with van der Waals surface area (Å²) in [5.74, 6) is 0.207. The van der Waals surface area contributed by atoms with Crippen LogP contribution in [-0.4, -0.2) is 38.8 Å². The minimum Gasteiger partial charge on any atom is -0.326 e. The monoisotopic (exact) mass is 544 g/mol. The number of likely N-dealkylation sites (tertiary alicyclic amines) is 1. The number of anilines is 1. The van der Waals surface area contributed by atoms with E-state index < -0.39 is 0 Å². The SMILES string of the molecule is O=C(CCCCCN1C(=O)[C@@H]2[C@H]3C[C@@H]([C@H](Br)[C@H]3Br)[C@@H]2C1=O)Nc1ccc(Cl)cc1. The van der Waals surface area contributed by atoms with Gasteiger partial charge in [-0.3, -0.25) is 19.3 Å². The number of nitrogens with zero attached hydrogens (tertiary/aromatic N) is 1. The van der Waals surface area contributed by atoms with Crippen molar-refractivity contribution < 1.29 is 14.4 Å². The normalized spacial score (nSPS) is 32.7. The Balaban J connectivity index is 1.20. The van der Waals surface area contributed by atoms with Crippen LogP contribution in [0.1, 0.15) is 32.1 Å². The summed E-state index contributed by atoms with van der Waals surface area (Å²) in [6.45, 7) is 0.461. The van der Waals surface area contributed by atoms with Crippen LogP contribution >= 0.6 is 43.5 Å². The summed E-state index contributed by atoms with van der Waals surface area (Å²) >= 11 is 13.2.